The molecular weight excluding hydrogens is 373 g/mol. The lowest BCUT2D eigenvalue weighted by Crippen LogP contribution is -2.22. The molecule has 0 aromatic heterocycles. The Bertz CT molecular complexity index is 979. The third kappa shape index (κ3) is 5.12. The van der Waals surface area contributed by atoms with Gasteiger partial charge in [-0.25, -0.2) is 0 Å². The van der Waals surface area contributed by atoms with Crippen LogP contribution in [-0.4, -0.2) is 19.2 Å². The molecule has 0 aliphatic heterocycles. The Morgan fingerprint density at radius 1 is 0.552 bits per heavy atom. The van der Waals surface area contributed by atoms with E-state index < -0.39 is 7.92 Å². The topological polar surface area (TPSA) is 32.3 Å². The molecule has 2 nitrogen and oxygen atoms in total. The number of hydrogen-bond acceptors (Lipinski definition) is 2. The second-order valence-electron chi connectivity index (χ2n) is 6.54. The van der Waals surface area contributed by atoms with E-state index in [-0.39, 0.29) is 0 Å². The van der Waals surface area contributed by atoms with Crippen molar-refractivity contribution in [3.05, 3.63) is 109 Å². The van der Waals surface area contributed by atoms with Crippen molar-refractivity contribution in [2.24, 2.45) is 0 Å². The van der Waals surface area contributed by atoms with Gasteiger partial charge in [0.05, 0.1) is 0 Å². The van der Waals surface area contributed by atoms with Crippen molar-refractivity contribution >= 4 is 23.8 Å². The quantitative estimate of drug-likeness (QED) is 0.490. The number of para-hydroxylation sites is 1. The van der Waals surface area contributed by atoms with Crippen LogP contribution in [0.1, 0.15) is 0 Å². The van der Waals surface area contributed by atoms with Crippen LogP contribution < -0.4 is 21.2 Å². The van der Waals surface area contributed by atoms with Crippen LogP contribution >= 0.6 is 7.92 Å². The smallest absolute Gasteiger partial charge is 0.123 e. The molecule has 0 saturated heterocycles. The number of phenols is 1. The van der Waals surface area contributed by atoms with E-state index >= 15 is 0 Å². The lowest BCUT2D eigenvalue weighted by Gasteiger charge is -2.22. The first-order chi connectivity index (χ1) is 14.3. The molecular formula is C26H26NOP. The third-order valence-electron chi connectivity index (χ3n) is 4.37. The van der Waals surface area contributed by atoms with Gasteiger partial charge in [-0.3, -0.25) is 0 Å². The van der Waals surface area contributed by atoms with E-state index in [9.17, 15) is 5.11 Å². The molecule has 4 aromatic carbocycles. The van der Waals surface area contributed by atoms with Gasteiger partial charge in [0.1, 0.15) is 5.75 Å². The first-order valence-electron chi connectivity index (χ1n) is 9.62. The molecule has 0 unspecified atom stereocenters. The molecule has 3 heteroatoms. The Labute approximate surface area is 174 Å². The fourth-order valence-electron chi connectivity index (χ4n) is 3.18. The zero-order valence-corrected chi connectivity index (χ0v) is 17.7. The summed E-state index contributed by atoms with van der Waals surface area (Å²) in [6, 6.07) is 37.2. The third-order valence-corrected chi connectivity index (χ3v) is 6.87. The minimum Gasteiger partial charge on any atom is -0.507 e. The van der Waals surface area contributed by atoms with Gasteiger partial charge in [-0.05, 0) is 49.6 Å². The lowest BCUT2D eigenvalue weighted by molar-refractivity contribution is 0.477. The Morgan fingerprint density at radius 2 is 0.966 bits per heavy atom. The Balaban J connectivity index is 0.000000755. The minimum atomic E-state index is -0.714. The summed E-state index contributed by atoms with van der Waals surface area (Å²) in [7, 11) is 3.04. The van der Waals surface area contributed by atoms with Gasteiger partial charge in [0.2, 0.25) is 0 Å². The summed E-state index contributed by atoms with van der Waals surface area (Å²) in [5.74, 6) is 0.316. The molecule has 146 valence electrons. The van der Waals surface area contributed by atoms with Gasteiger partial charge in [-0.15, -0.1) is 0 Å². The monoisotopic (exact) mass is 399 g/mol. The van der Waals surface area contributed by atoms with Crippen LogP contribution in [0.15, 0.2) is 109 Å². The molecule has 4 rings (SSSR count). The number of aromatic hydroxyl groups is 1. The van der Waals surface area contributed by atoms with Crippen LogP contribution in [0.2, 0.25) is 0 Å². The van der Waals surface area contributed by atoms with Crippen LogP contribution in [0.4, 0.5) is 0 Å². The lowest BCUT2D eigenvalue weighted by atomic mass is 10.0. The Hall–Kier alpha value is -2.93. The maximum atomic E-state index is 10.4. The van der Waals surface area contributed by atoms with E-state index in [0.29, 0.717) is 5.75 Å². The molecule has 0 bridgehead atoms. The first-order valence-corrected chi connectivity index (χ1v) is 11.0. The minimum absolute atomic E-state index is 0.316. The number of nitrogens with one attached hydrogen (secondary N) is 1. The molecule has 0 saturated carbocycles. The summed E-state index contributed by atoms with van der Waals surface area (Å²) in [5.41, 5.74) is 1.96. The van der Waals surface area contributed by atoms with Crippen LogP contribution in [0.25, 0.3) is 11.1 Å². The molecule has 2 N–H and O–H groups in total. The highest BCUT2D eigenvalue weighted by Crippen LogP contribution is 2.38. The highest BCUT2D eigenvalue weighted by atomic mass is 31.1. The fraction of sp³-hybridized carbons (Fsp3) is 0.0769. The number of hydrogen-bond donors (Lipinski definition) is 2. The van der Waals surface area contributed by atoms with Crippen LogP contribution in [-0.2, 0) is 0 Å². The van der Waals surface area contributed by atoms with Crippen molar-refractivity contribution < 1.29 is 5.11 Å². The van der Waals surface area contributed by atoms with E-state index in [1.54, 1.807) is 6.07 Å². The second kappa shape index (κ2) is 10.6. The van der Waals surface area contributed by atoms with Gasteiger partial charge in [-0.1, -0.05) is 103 Å². The average molecular weight is 399 g/mol. The number of phenolic OH excluding ortho intramolecular Hbond substituents is 1. The summed E-state index contributed by atoms with van der Waals surface area (Å²) in [4.78, 5) is 0. The van der Waals surface area contributed by atoms with Gasteiger partial charge in [0.25, 0.3) is 0 Å². The van der Waals surface area contributed by atoms with Crippen molar-refractivity contribution in [3.63, 3.8) is 0 Å². The van der Waals surface area contributed by atoms with Gasteiger partial charge in [0, 0.05) is 5.56 Å². The highest BCUT2D eigenvalue weighted by Gasteiger charge is 2.20. The number of rotatable bonds is 4. The normalized spacial score (nSPS) is 10.3. The molecule has 0 heterocycles. The van der Waals surface area contributed by atoms with Gasteiger partial charge >= 0.3 is 0 Å². The van der Waals surface area contributed by atoms with E-state index in [4.69, 9.17) is 0 Å². The molecule has 0 amide bonds. The molecule has 29 heavy (non-hydrogen) atoms. The molecule has 0 radical (unpaired) electrons. The Morgan fingerprint density at radius 3 is 1.48 bits per heavy atom. The maximum absolute atomic E-state index is 10.4. The molecule has 0 atom stereocenters. The summed E-state index contributed by atoms with van der Waals surface area (Å²) in [5, 5.41) is 17.0. The first kappa shape index (κ1) is 20.8. The standard InChI is InChI=1S/C24H19OP.C2H7N/c25-23-17-9-7-15-21(23)22-16-8-10-18-24(22)26(19-11-3-1-4-12-19)20-13-5-2-6-14-20;1-3-2/h1-18,25H;3H,1-2H3. The van der Waals surface area contributed by atoms with E-state index in [1.165, 1.54) is 15.9 Å². The van der Waals surface area contributed by atoms with Crippen LogP contribution in [0, 0.1) is 0 Å². The SMILES string of the molecule is CNC.Oc1ccccc1-c1ccccc1P(c1ccccc1)c1ccccc1. The predicted molar refractivity (Wildman–Crippen MR) is 127 cm³/mol. The van der Waals surface area contributed by atoms with Crippen molar-refractivity contribution in [1.29, 1.82) is 0 Å². The zero-order valence-electron chi connectivity index (χ0n) is 16.8. The van der Waals surface area contributed by atoms with Crippen LogP contribution in [0.3, 0.4) is 0 Å². The summed E-state index contributed by atoms with van der Waals surface area (Å²) in [6.07, 6.45) is 0. The molecule has 0 spiro atoms. The summed E-state index contributed by atoms with van der Waals surface area (Å²) in [6.45, 7) is 0. The van der Waals surface area contributed by atoms with Gasteiger partial charge in [0.15, 0.2) is 0 Å². The predicted octanol–water partition coefficient (Wildman–Crippen LogP) is 4.65. The van der Waals surface area contributed by atoms with E-state index in [1.807, 2.05) is 38.4 Å². The summed E-state index contributed by atoms with van der Waals surface area (Å²) >= 11 is 0. The largest absolute Gasteiger partial charge is 0.507 e. The van der Waals surface area contributed by atoms with Crippen LogP contribution in [0.5, 0.6) is 5.75 Å². The van der Waals surface area contributed by atoms with Crippen molar-refractivity contribution in [1.82, 2.24) is 5.32 Å². The summed E-state index contributed by atoms with van der Waals surface area (Å²) < 4.78 is 0. The maximum Gasteiger partial charge on any atom is 0.123 e. The Kier molecular flexibility index (Phi) is 7.58. The second-order valence-corrected chi connectivity index (χ2v) is 8.73. The average Bonchev–Trinajstić information content (AvgIpc) is 2.77. The number of benzene rings is 4. The van der Waals surface area contributed by atoms with Crippen molar-refractivity contribution in [3.8, 4) is 16.9 Å². The van der Waals surface area contributed by atoms with E-state index in [2.05, 4.69) is 84.2 Å². The highest BCUT2D eigenvalue weighted by molar-refractivity contribution is 7.80. The van der Waals surface area contributed by atoms with Crippen molar-refractivity contribution in [2.75, 3.05) is 14.1 Å². The zero-order chi connectivity index (χ0) is 20.5. The van der Waals surface area contributed by atoms with Crippen molar-refractivity contribution in [2.45, 2.75) is 0 Å². The van der Waals surface area contributed by atoms with Gasteiger partial charge in [-0.2, -0.15) is 0 Å². The molecule has 4 aromatic rings. The van der Waals surface area contributed by atoms with E-state index in [0.717, 1.165) is 11.1 Å². The fourth-order valence-corrected chi connectivity index (χ4v) is 5.65. The molecule has 0 fully saturated rings. The molecule has 0 aliphatic carbocycles. The molecule has 0 aliphatic rings. The van der Waals surface area contributed by atoms with Gasteiger partial charge < -0.3 is 10.4 Å².